The second-order valence-electron chi connectivity index (χ2n) is 6.04. The molecule has 2 aromatic carbocycles. The van der Waals surface area contributed by atoms with E-state index in [9.17, 15) is 9.59 Å². The van der Waals surface area contributed by atoms with Gasteiger partial charge in [-0.1, -0.05) is 24.3 Å². The average Bonchev–Trinajstić information content (AvgIpc) is 2.79. The lowest BCUT2D eigenvalue weighted by Crippen LogP contribution is -2.17. The van der Waals surface area contributed by atoms with E-state index in [2.05, 4.69) is 15.5 Å². The lowest BCUT2D eigenvalue weighted by atomic mass is 10.2. The van der Waals surface area contributed by atoms with Crippen LogP contribution in [0.1, 0.15) is 21.5 Å². The molecule has 0 aliphatic heterocycles. The summed E-state index contributed by atoms with van der Waals surface area (Å²) in [6.45, 7) is 0. The Morgan fingerprint density at radius 1 is 0.967 bits per heavy atom. The minimum Gasteiger partial charge on any atom is -0.497 e. The normalized spacial score (nSPS) is 10.8. The van der Waals surface area contributed by atoms with Crippen molar-refractivity contribution < 1.29 is 19.1 Å². The molecule has 0 fully saturated rings. The summed E-state index contributed by atoms with van der Waals surface area (Å²) in [6.07, 6.45) is 7.52. The number of benzene rings is 2. The van der Waals surface area contributed by atoms with Gasteiger partial charge in [-0.2, -0.15) is 5.10 Å². The fourth-order valence-corrected chi connectivity index (χ4v) is 2.42. The van der Waals surface area contributed by atoms with Crippen molar-refractivity contribution in [2.45, 2.75) is 0 Å². The maximum Gasteiger partial charge on any atom is 0.336 e. The van der Waals surface area contributed by atoms with E-state index in [1.54, 1.807) is 61.7 Å². The monoisotopic (exact) mass is 401 g/mol. The van der Waals surface area contributed by atoms with Crippen molar-refractivity contribution in [2.24, 2.45) is 5.10 Å². The number of amides is 1. The summed E-state index contributed by atoms with van der Waals surface area (Å²) in [4.78, 5) is 27.8. The van der Waals surface area contributed by atoms with Gasteiger partial charge < -0.3 is 9.47 Å². The predicted molar refractivity (Wildman–Crippen MR) is 113 cm³/mol. The van der Waals surface area contributed by atoms with Gasteiger partial charge in [-0.15, -0.1) is 0 Å². The molecule has 150 valence electrons. The number of esters is 1. The summed E-state index contributed by atoms with van der Waals surface area (Å²) < 4.78 is 10.4. The van der Waals surface area contributed by atoms with Crippen LogP contribution in [0.4, 0.5) is 0 Å². The number of carbonyl (C=O) groups is 2. The second-order valence-corrected chi connectivity index (χ2v) is 6.04. The highest BCUT2D eigenvalue weighted by molar-refractivity contribution is 5.94. The molecule has 0 aliphatic carbocycles. The lowest BCUT2D eigenvalue weighted by Gasteiger charge is -2.03. The molecule has 7 heteroatoms. The molecule has 0 aliphatic rings. The van der Waals surface area contributed by atoms with Crippen molar-refractivity contribution in [2.75, 3.05) is 7.11 Å². The third-order valence-corrected chi connectivity index (χ3v) is 3.93. The highest BCUT2D eigenvalue weighted by Gasteiger charge is 2.03. The number of ether oxygens (including phenoxy) is 2. The van der Waals surface area contributed by atoms with Gasteiger partial charge >= 0.3 is 5.97 Å². The lowest BCUT2D eigenvalue weighted by molar-refractivity contribution is -0.128. The molecule has 0 saturated carbocycles. The van der Waals surface area contributed by atoms with Crippen LogP contribution in [0.2, 0.25) is 0 Å². The van der Waals surface area contributed by atoms with Crippen molar-refractivity contribution in [3.8, 4) is 11.5 Å². The van der Waals surface area contributed by atoms with Crippen LogP contribution in [0, 0.1) is 0 Å². The third kappa shape index (κ3) is 6.13. The van der Waals surface area contributed by atoms with Crippen LogP contribution in [-0.4, -0.2) is 30.2 Å². The zero-order valence-electron chi connectivity index (χ0n) is 16.2. The quantitative estimate of drug-likeness (QED) is 0.215. The van der Waals surface area contributed by atoms with Gasteiger partial charge in [0.15, 0.2) is 0 Å². The molecule has 3 rings (SSSR count). The molecule has 1 aromatic heterocycles. The van der Waals surface area contributed by atoms with Crippen LogP contribution < -0.4 is 14.9 Å². The van der Waals surface area contributed by atoms with Crippen LogP contribution >= 0.6 is 0 Å². The first-order chi connectivity index (χ1) is 14.6. The van der Waals surface area contributed by atoms with Gasteiger partial charge in [-0.05, 0) is 53.6 Å². The number of carbonyl (C=O) groups excluding carboxylic acids is 2. The summed E-state index contributed by atoms with van der Waals surface area (Å²) in [5, 5.41) is 3.92. The van der Waals surface area contributed by atoms with Crippen LogP contribution in [0.3, 0.4) is 0 Å². The molecule has 1 heterocycles. The molecular formula is C23H19N3O4. The van der Waals surface area contributed by atoms with Gasteiger partial charge in [-0.25, -0.2) is 10.2 Å². The maximum absolute atomic E-state index is 12.1. The molecule has 0 atom stereocenters. The van der Waals surface area contributed by atoms with E-state index in [0.29, 0.717) is 16.9 Å². The Labute approximate surface area is 173 Å². The van der Waals surface area contributed by atoms with Gasteiger partial charge in [-0.3, -0.25) is 9.78 Å². The highest BCUT2D eigenvalue weighted by atomic mass is 16.5. The molecule has 1 N–H and O–H groups in total. The van der Waals surface area contributed by atoms with E-state index in [4.69, 9.17) is 9.47 Å². The van der Waals surface area contributed by atoms with Crippen molar-refractivity contribution in [1.29, 1.82) is 0 Å². The molecule has 0 saturated heterocycles. The first-order valence-corrected chi connectivity index (χ1v) is 9.01. The Bertz CT molecular complexity index is 1060. The topological polar surface area (TPSA) is 89.9 Å². The van der Waals surface area contributed by atoms with Crippen LogP contribution in [0.15, 0.2) is 84.2 Å². The molecule has 0 radical (unpaired) electrons. The smallest absolute Gasteiger partial charge is 0.336 e. The number of hydrazone groups is 1. The van der Waals surface area contributed by atoms with Gasteiger partial charge in [0.05, 0.1) is 13.3 Å². The van der Waals surface area contributed by atoms with Crippen LogP contribution in [0.5, 0.6) is 11.5 Å². The Hall–Kier alpha value is -4.26. The Kier molecular flexibility index (Phi) is 7.05. The molecule has 7 nitrogen and oxygen atoms in total. The number of hydrogen-bond acceptors (Lipinski definition) is 6. The van der Waals surface area contributed by atoms with Crippen LogP contribution in [0.25, 0.3) is 6.08 Å². The summed E-state index contributed by atoms with van der Waals surface area (Å²) in [5.41, 5.74) is 4.39. The van der Waals surface area contributed by atoms with Crippen LogP contribution in [-0.2, 0) is 4.79 Å². The molecule has 0 unspecified atom stereocenters. The minimum atomic E-state index is -0.508. The van der Waals surface area contributed by atoms with E-state index in [-0.39, 0.29) is 5.91 Å². The van der Waals surface area contributed by atoms with Crippen molar-refractivity contribution in [1.82, 2.24) is 10.4 Å². The Morgan fingerprint density at radius 3 is 2.47 bits per heavy atom. The first kappa shape index (κ1) is 20.5. The number of hydrogen-bond donors (Lipinski definition) is 1. The Morgan fingerprint density at radius 2 is 1.73 bits per heavy atom. The predicted octanol–water partition coefficient (Wildman–Crippen LogP) is 3.47. The standard InChI is InChI=1S/C23H19N3O4/c1-29-20-8-5-17(6-9-20)7-10-22(27)30-21-4-2-3-18(15-21)16-25-26-23(28)19-11-13-24-14-12-19/h2-16H,1H3,(H,26,28)/b10-7+,25-16-. The minimum absolute atomic E-state index is 0.347. The number of methoxy groups -OCH3 is 1. The fourth-order valence-electron chi connectivity index (χ4n) is 2.42. The fraction of sp³-hybridized carbons (Fsp3) is 0.0435. The first-order valence-electron chi connectivity index (χ1n) is 9.01. The molecule has 0 spiro atoms. The van der Waals surface area contributed by atoms with Crippen molar-refractivity contribution >= 4 is 24.2 Å². The van der Waals surface area contributed by atoms with Crippen molar-refractivity contribution in [3.63, 3.8) is 0 Å². The van der Waals surface area contributed by atoms with Crippen molar-refractivity contribution in [3.05, 3.63) is 95.8 Å². The van der Waals surface area contributed by atoms with Gasteiger partial charge in [0.2, 0.25) is 0 Å². The van der Waals surface area contributed by atoms with E-state index in [1.807, 2.05) is 12.1 Å². The molecule has 3 aromatic rings. The summed E-state index contributed by atoms with van der Waals surface area (Å²) >= 11 is 0. The van der Waals surface area contributed by atoms with Gasteiger partial charge in [0, 0.05) is 24.0 Å². The Balaban J connectivity index is 1.56. The third-order valence-electron chi connectivity index (χ3n) is 3.93. The largest absolute Gasteiger partial charge is 0.497 e. The second kappa shape index (κ2) is 10.3. The number of nitrogens with one attached hydrogen (secondary N) is 1. The van der Waals surface area contributed by atoms with E-state index in [0.717, 1.165) is 11.3 Å². The highest BCUT2D eigenvalue weighted by Crippen LogP contribution is 2.14. The number of rotatable bonds is 7. The molecule has 30 heavy (non-hydrogen) atoms. The number of pyridine rings is 1. The zero-order valence-corrected chi connectivity index (χ0v) is 16.2. The van der Waals surface area contributed by atoms with Gasteiger partial charge in [0.25, 0.3) is 5.91 Å². The maximum atomic E-state index is 12.1. The number of aromatic nitrogens is 1. The zero-order chi connectivity index (χ0) is 21.2. The van der Waals surface area contributed by atoms with E-state index in [1.165, 1.54) is 24.7 Å². The summed E-state index contributed by atoms with van der Waals surface area (Å²) in [5.74, 6) is 0.250. The molecule has 1 amide bonds. The van der Waals surface area contributed by atoms with Gasteiger partial charge in [0.1, 0.15) is 11.5 Å². The average molecular weight is 401 g/mol. The molecule has 0 bridgehead atoms. The SMILES string of the molecule is COc1ccc(/C=C/C(=O)Oc2cccc(/C=N\NC(=O)c3ccncc3)c2)cc1. The summed E-state index contributed by atoms with van der Waals surface area (Å²) in [7, 11) is 1.59. The summed E-state index contributed by atoms with van der Waals surface area (Å²) in [6, 6.07) is 17.2. The molecular weight excluding hydrogens is 382 g/mol. The van der Waals surface area contributed by atoms with E-state index < -0.39 is 5.97 Å². The van der Waals surface area contributed by atoms with E-state index >= 15 is 0 Å². The number of nitrogens with zero attached hydrogens (tertiary/aromatic N) is 2.